The Kier molecular flexibility index (Phi) is 7.26. The molecule has 10 nitrogen and oxygen atoms in total. The first-order valence-electron chi connectivity index (χ1n) is 11.8. The second-order valence-corrected chi connectivity index (χ2v) is 10.3. The SMILES string of the molecule is CC(C)(C)OC(=O)N[C@@H]1CCCN(c2nc3ccn(CC(=O)O)c(=O)c3n2Cc2ccccc2Cl)C1. The average molecular weight is 516 g/mol. The van der Waals surface area contributed by atoms with Gasteiger partial charge in [0.1, 0.15) is 17.7 Å². The first-order chi connectivity index (χ1) is 17.0. The lowest BCUT2D eigenvalue weighted by Crippen LogP contribution is -2.49. The molecule has 1 aliphatic rings. The minimum Gasteiger partial charge on any atom is -0.480 e. The number of carbonyl (C=O) groups is 2. The molecule has 192 valence electrons. The Hall–Kier alpha value is -3.53. The molecule has 0 saturated carbocycles. The molecule has 1 fully saturated rings. The zero-order valence-electron chi connectivity index (χ0n) is 20.5. The number of hydrogen-bond acceptors (Lipinski definition) is 6. The van der Waals surface area contributed by atoms with Crippen molar-refractivity contribution in [3.63, 3.8) is 0 Å². The first kappa shape index (κ1) is 25.6. The molecule has 2 N–H and O–H groups in total. The topological polar surface area (TPSA) is 119 Å². The van der Waals surface area contributed by atoms with Gasteiger partial charge in [-0.2, -0.15) is 0 Å². The number of imidazole rings is 1. The summed E-state index contributed by atoms with van der Waals surface area (Å²) in [6, 6.07) is 8.83. The summed E-state index contributed by atoms with van der Waals surface area (Å²) in [6.07, 6.45) is 2.55. The number of halogens is 1. The minimum absolute atomic E-state index is 0.161. The van der Waals surface area contributed by atoms with E-state index >= 15 is 0 Å². The molecule has 0 bridgehead atoms. The number of ether oxygens (including phenoxy) is 1. The molecule has 0 aliphatic carbocycles. The molecule has 1 saturated heterocycles. The third kappa shape index (κ3) is 5.81. The van der Waals surface area contributed by atoms with E-state index in [4.69, 9.17) is 21.3 Å². The van der Waals surface area contributed by atoms with Gasteiger partial charge in [-0.25, -0.2) is 9.78 Å². The molecule has 0 radical (unpaired) electrons. The van der Waals surface area contributed by atoms with Crippen LogP contribution < -0.4 is 15.8 Å². The molecule has 4 rings (SSSR count). The standard InChI is InChI=1S/C25H30ClN5O5/c1-25(2,3)36-24(35)27-17-8-6-11-30(14-17)23-28-19-10-12-29(15-20(32)33)22(34)21(19)31(23)13-16-7-4-5-9-18(16)26/h4-5,7,9-10,12,17H,6,8,11,13-15H2,1-3H3,(H,27,35)(H,32,33)/t17-/m1/s1. The zero-order chi connectivity index (χ0) is 26.0. The van der Waals surface area contributed by atoms with Crippen molar-refractivity contribution >= 4 is 40.6 Å². The number of aromatic nitrogens is 3. The van der Waals surface area contributed by atoms with Gasteiger partial charge in [0, 0.05) is 30.4 Å². The van der Waals surface area contributed by atoms with E-state index in [1.807, 2.05) is 43.9 Å². The lowest BCUT2D eigenvalue weighted by molar-refractivity contribution is -0.137. The maximum absolute atomic E-state index is 13.3. The highest BCUT2D eigenvalue weighted by molar-refractivity contribution is 6.31. The van der Waals surface area contributed by atoms with E-state index in [1.54, 1.807) is 16.7 Å². The number of nitrogens with zero attached hydrogens (tertiary/aromatic N) is 4. The van der Waals surface area contributed by atoms with E-state index in [1.165, 1.54) is 6.20 Å². The lowest BCUT2D eigenvalue weighted by atomic mass is 10.1. The third-order valence-corrected chi connectivity index (χ3v) is 6.24. The van der Waals surface area contributed by atoms with Crippen LogP contribution in [-0.2, 0) is 22.6 Å². The number of anilines is 1. The Bertz CT molecular complexity index is 1340. The second kappa shape index (κ2) is 10.2. The number of nitrogens with one attached hydrogen (secondary N) is 1. The van der Waals surface area contributed by atoms with Crippen LogP contribution in [0.25, 0.3) is 11.0 Å². The average Bonchev–Trinajstić information content (AvgIpc) is 3.15. The van der Waals surface area contributed by atoms with Crippen molar-refractivity contribution in [1.29, 1.82) is 0 Å². The van der Waals surface area contributed by atoms with Gasteiger partial charge in [-0.3, -0.25) is 9.59 Å². The highest BCUT2D eigenvalue weighted by Crippen LogP contribution is 2.27. The molecule has 11 heteroatoms. The number of amides is 1. The molecule has 1 aliphatic heterocycles. The molecule has 1 aromatic carbocycles. The van der Waals surface area contributed by atoms with Gasteiger partial charge >= 0.3 is 12.1 Å². The Balaban J connectivity index is 1.72. The van der Waals surface area contributed by atoms with E-state index in [-0.39, 0.29) is 12.6 Å². The maximum atomic E-state index is 13.3. The van der Waals surface area contributed by atoms with Crippen molar-refractivity contribution in [1.82, 2.24) is 19.4 Å². The number of carboxylic acid groups (broad SMARTS) is 1. The normalized spacial score (nSPS) is 16.2. The second-order valence-electron chi connectivity index (χ2n) is 9.90. The van der Waals surface area contributed by atoms with Crippen LogP contribution in [0.5, 0.6) is 0 Å². The highest BCUT2D eigenvalue weighted by atomic mass is 35.5. The third-order valence-electron chi connectivity index (χ3n) is 5.87. The number of alkyl carbamates (subject to hydrolysis) is 1. The van der Waals surface area contributed by atoms with Crippen LogP contribution in [0.4, 0.5) is 10.7 Å². The quantitative estimate of drug-likeness (QED) is 0.516. The number of hydrogen-bond donors (Lipinski definition) is 2. The zero-order valence-corrected chi connectivity index (χ0v) is 21.3. The summed E-state index contributed by atoms with van der Waals surface area (Å²) >= 11 is 6.43. The van der Waals surface area contributed by atoms with Gasteiger partial charge in [0.15, 0.2) is 0 Å². The molecular weight excluding hydrogens is 486 g/mol. The number of rotatable bonds is 6. The van der Waals surface area contributed by atoms with Crippen LogP contribution in [0.15, 0.2) is 41.3 Å². The molecule has 2 aromatic heterocycles. The summed E-state index contributed by atoms with van der Waals surface area (Å²) in [5.74, 6) is -0.549. The molecule has 0 unspecified atom stereocenters. The number of pyridine rings is 1. The molecular formula is C25H30ClN5O5. The number of aliphatic carboxylic acids is 1. The predicted octanol–water partition coefficient (Wildman–Crippen LogP) is 3.48. The monoisotopic (exact) mass is 515 g/mol. The van der Waals surface area contributed by atoms with Gasteiger partial charge in [-0.15, -0.1) is 0 Å². The first-order valence-corrected chi connectivity index (χ1v) is 12.2. The number of carbonyl (C=O) groups excluding carboxylic acids is 1. The molecule has 36 heavy (non-hydrogen) atoms. The molecule has 0 spiro atoms. The van der Waals surface area contributed by atoms with E-state index in [0.717, 1.165) is 23.0 Å². The van der Waals surface area contributed by atoms with Gasteiger partial charge in [0.25, 0.3) is 5.56 Å². The predicted molar refractivity (Wildman–Crippen MR) is 137 cm³/mol. The molecule has 3 aromatic rings. The Morgan fingerprint density at radius 2 is 2.00 bits per heavy atom. The minimum atomic E-state index is -1.11. The van der Waals surface area contributed by atoms with Gasteiger partial charge in [-0.05, 0) is 51.3 Å². The van der Waals surface area contributed by atoms with Crippen LogP contribution >= 0.6 is 11.6 Å². The van der Waals surface area contributed by atoms with Gasteiger partial charge in [-0.1, -0.05) is 29.8 Å². The molecule has 3 heterocycles. The number of piperidine rings is 1. The molecule has 1 atom stereocenters. The van der Waals surface area contributed by atoms with Crippen molar-refractivity contribution in [3.05, 3.63) is 57.5 Å². The fourth-order valence-corrected chi connectivity index (χ4v) is 4.57. The van der Waals surface area contributed by atoms with Crippen molar-refractivity contribution in [2.45, 2.75) is 58.3 Å². The summed E-state index contributed by atoms with van der Waals surface area (Å²) in [7, 11) is 0. The fourth-order valence-electron chi connectivity index (χ4n) is 4.37. The van der Waals surface area contributed by atoms with Gasteiger partial charge < -0.3 is 29.2 Å². The van der Waals surface area contributed by atoms with Crippen molar-refractivity contribution in [2.75, 3.05) is 18.0 Å². The number of carboxylic acids is 1. The van der Waals surface area contributed by atoms with E-state index in [9.17, 15) is 19.5 Å². The largest absolute Gasteiger partial charge is 0.480 e. The van der Waals surface area contributed by atoms with Gasteiger partial charge in [0.05, 0.1) is 12.1 Å². The van der Waals surface area contributed by atoms with Crippen molar-refractivity contribution in [3.8, 4) is 0 Å². The number of benzene rings is 1. The van der Waals surface area contributed by atoms with E-state index in [0.29, 0.717) is 35.1 Å². The van der Waals surface area contributed by atoms with Crippen LogP contribution in [-0.4, -0.2) is 56.0 Å². The Morgan fingerprint density at radius 1 is 1.25 bits per heavy atom. The molecule has 1 amide bonds. The Morgan fingerprint density at radius 3 is 2.69 bits per heavy atom. The van der Waals surface area contributed by atoms with Crippen LogP contribution in [0, 0.1) is 0 Å². The maximum Gasteiger partial charge on any atom is 0.407 e. The van der Waals surface area contributed by atoms with Crippen molar-refractivity contribution < 1.29 is 19.4 Å². The summed E-state index contributed by atoms with van der Waals surface area (Å²) in [4.78, 5) is 43.7. The Labute approximate surface area is 213 Å². The smallest absolute Gasteiger partial charge is 0.407 e. The van der Waals surface area contributed by atoms with Crippen LogP contribution in [0.3, 0.4) is 0 Å². The van der Waals surface area contributed by atoms with Crippen LogP contribution in [0.2, 0.25) is 5.02 Å². The summed E-state index contributed by atoms with van der Waals surface area (Å²) in [6.45, 7) is 6.43. The highest BCUT2D eigenvalue weighted by Gasteiger charge is 2.28. The van der Waals surface area contributed by atoms with E-state index < -0.39 is 29.8 Å². The van der Waals surface area contributed by atoms with Crippen molar-refractivity contribution in [2.24, 2.45) is 0 Å². The van der Waals surface area contributed by atoms with E-state index in [2.05, 4.69) is 5.32 Å². The summed E-state index contributed by atoms with van der Waals surface area (Å²) in [5, 5.41) is 12.7. The number of fused-ring (bicyclic) bond motifs is 1. The summed E-state index contributed by atoms with van der Waals surface area (Å²) in [5.41, 5.74) is 0.521. The van der Waals surface area contributed by atoms with Gasteiger partial charge in [0.2, 0.25) is 5.95 Å². The lowest BCUT2D eigenvalue weighted by Gasteiger charge is -2.34. The van der Waals surface area contributed by atoms with Crippen LogP contribution in [0.1, 0.15) is 39.2 Å². The fraction of sp³-hybridized carbons (Fsp3) is 0.440. The summed E-state index contributed by atoms with van der Waals surface area (Å²) < 4.78 is 8.35.